The van der Waals surface area contributed by atoms with E-state index >= 15 is 0 Å². The van der Waals surface area contributed by atoms with Crippen molar-refractivity contribution in [1.29, 1.82) is 0 Å². The van der Waals surface area contributed by atoms with Crippen LogP contribution in [-0.4, -0.2) is 99.5 Å². The third-order valence-electron chi connectivity index (χ3n) is 6.10. The lowest BCUT2D eigenvalue weighted by molar-refractivity contribution is -0.138. The molecule has 0 spiro atoms. The number of fused-ring (bicyclic) bond motifs is 1. The third kappa shape index (κ3) is 7.04. The average Bonchev–Trinajstić information content (AvgIpc) is 2.67. The van der Waals surface area contributed by atoms with Crippen molar-refractivity contribution in [1.82, 2.24) is 20.0 Å². The van der Waals surface area contributed by atoms with Crippen LogP contribution in [0.4, 0.5) is 4.79 Å². The first-order chi connectivity index (χ1) is 13.8. The number of hydrogen-bond acceptors (Lipinski definition) is 6. The third-order valence-corrected chi connectivity index (χ3v) is 6.10. The van der Waals surface area contributed by atoms with E-state index in [1.807, 2.05) is 21.1 Å². The number of imide groups is 1. The summed E-state index contributed by atoms with van der Waals surface area (Å²) in [4.78, 5) is 43.4. The van der Waals surface area contributed by atoms with Gasteiger partial charge in [-0.25, -0.2) is 4.79 Å². The smallest absolute Gasteiger partial charge is 0.324 e. The van der Waals surface area contributed by atoms with Crippen LogP contribution in [0.25, 0.3) is 0 Å². The van der Waals surface area contributed by atoms with E-state index in [0.717, 1.165) is 25.8 Å². The quantitative estimate of drug-likeness (QED) is 0.575. The van der Waals surface area contributed by atoms with E-state index in [4.69, 9.17) is 4.74 Å². The molecule has 2 aliphatic rings. The number of urea groups is 1. The largest absolute Gasteiger partial charge is 0.383 e. The number of hydrogen-bond donors (Lipinski definition) is 1. The van der Waals surface area contributed by atoms with Crippen LogP contribution in [0.1, 0.15) is 38.5 Å². The predicted molar refractivity (Wildman–Crippen MR) is 112 cm³/mol. The van der Waals surface area contributed by atoms with Crippen LogP contribution in [0.2, 0.25) is 0 Å². The van der Waals surface area contributed by atoms with Gasteiger partial charge in [0.2, 0.25) is 5.91 Å². The van der Waals surface area contributed by atoms with Gasteiger partial charge in [-0.1, -0.05) is 0 Å². The Balaban J connectivity index is 1.94. The Hall–Kier alpha value is -1.51. The highest BCUT2D eigenvalue weighted by molar-refractivity contribution is 5.95. The summed E-state index contributed by atoms with van der Waals surface area (Å²) in [6.07, 6.45) is 4.61. The molecule has 0 bridgehead atoms. The topological polar surface area (TPSA) is 82.2 Å². The molecular weight excluding hydrogens is 372 g/mol. The van der Waals surface area contributed by atoms with Crippen molar-refractivity contribution >= 4 is 17.7 Å². The second-order valence-electron chi connectivity index (χ2n) is 8.71. The number of carbonyl (C=O) groups excluding carboxylic acids is 3. The molecule has 1 aliphatic heterocycles. The van der Waals surface area contributed by atoms with E-state index in [-0.39, 0.29) is 30.3 Å². The Kier molecular flexibility index (Phi) is 9.52. The van der Waals surface area contributed by atoms with Gasteiger partial charge in [0.05, 0.1) is 19.1 Å². The van der Waals surface area contributed by atoms with Gasteiger partial charge >= 0.3 is 6.03 Å². The van der Waals surface area contributed by atoms with Gasteiger partial charge in [-0.05, 0) is 59.3 Å². The number of amides is 3. The molecule has 1 saturated carbocycles. The Bertz CT molecular complexity index is 569. The molecule has 2 fully saturated rings. The fourth-order valence-corrected chi connectivity index (χ4v) is 4.56. The van der Waals surface area contributed by atoms with Gasteiger partial charge in [0, 0.05) is 39.1 Å². The van der Waals surface area contributed by atoms with Crippen LogP contribution in [-0.2, 0) is 14.3 Å². The number of ketones is 1. The predicted octanol–water partition coefficient (Wildman–Crippen LogP) is 1.20. The number of unbranched alkanes of at least 4 members (excludes halogenated alkanes) is 1. The number of ether oxygens (including phenoxy) is 1. The lowest BCUT2D eigenvalue weighted by Gasteiger charge is -2.45. The minimum atomic E-state index is -0.346. The highest BCUT2D eigenvalue weighted by Crippen LogP contribution is 2.36. The van der Waals surface area contributed by atoms with Gasteiger partial charge < -0.3 is 19.9 Å². The van der Waals surface area contributed by atoms with Crippen molar-refractivity contribution in [3.8, 4) is 0 Å². The first kappa shape index (κ1) is 23.8. The average molecular weight is 411 g/mol. The van der Waals surface area contributed by atoms with Gasteiger partial charge in [0.15, 0.2) is 0 Å². The molecule has 0 aromatic rings. The van der Waals surface area contributed by atoms with Crippen molar-refractivity contribution in [2.24, 2.45) is 11.8 Å². The molecule has 166 valence electrons. The summed E-state index contributed by atoms with van der Waals surface area (Å²) in [5.41, 5.74) is 0. The summed E-state index contributed by atoms with van der Waals surface area (Å²) in [6.45, 7) is 2.71. The zero-order chi connectivity index (χ0) is 21.4. The van der Waals surface area contributed by atoms with Crippen LogP contribution in [0.15, 0.2) is 0 Å². The minimum Gasteiger partial charge on any atom is -0.383 e. The number of piperidine rings is 1. The molecule has 1 N–H and O–H groups in total. The van der Waals surface area contributed by atoms with Gasteiger partial charge in [-0.2, -0.15) is 0 Å². The second kappa shape index (κ2) is 11.6. The number of nitrogens with one attached hydrogen (secondary N) is 1. The number of carbonyl (C=O) groups is 3. The molecule has 8 heteroatoms. The zero-order valence-corrected chi connectivity index (χ0v) is 18.5. The standard InChI is InChI=1S/C21H38N4O4/c1-23(2)10-6-5-9-22-21(28)25(11-12-29-4)20(27)17-13-16-14-18(26)7-8-19(16)24(3)15-17/h16-17,19H,5-15H2,1-4H3,(H,22,28)/t16-,17-,19-/m1/s1. The normalized spacial score (nSPS) is 25.0. The number of likely N-dealkylation sites (tertiary alicyclic amines) is 1. The highest BCUT2D eigenvalue weighted by atomic mass is 16.5. The minimum absolute atomic E-state index is 0.156. The molecule has 0 unspecified atom stereocenters. The van der Waals surface area contributed by atoms with Crippen molar-refractivity contribution in [2.75, 3.05) is 61.0 Å². The fourth-order valence-electron chi connectivity index (χ4n) is 4.56. The summed E-state index contributed by atoms with van der Waals surface area (Å²) in [5.74, 6) is 0.0847. The number of methoxy groups -OCH3 is 1. The van der Waals surface area contributed by atoms with Crippen molar-refractivity contribution < 1.29 is 19.1 Å². The summed E-state index contributed by atoms with van der Waals surface area (Å²) in [6, 6.07) is 0.0242. The maximum absolute atomic E-state index is 13.2. The maximum atomic E-state index is 13.2. The molecule has 29 heavy (non-hydrogen) atoms. The van der Waals surface area contributed by atoms with E-state index in [2.05, 4.69) is 15.1 Å². The number of Topliss-reactive ketones (excluding diaryl/α,β-unsaturated/α-hetero) is 1. The Labute approximate surface area is 174 Å². The van der Waals surface area contributed by atoms with Gasteiger partial charge in [0.1, 0.15) is 5.78 Å². The van der Waals surface area contributed by atoms with Crippen LogP contribution in [0.5, 0.6) is 0 Å². The summed E-state index contributed by atoms with van der Waals surface area (Å²) < 4.78 is 5.12. The fraction of sp³-hybridized carbons (Fsp3) is 0.857. The summed E-state index contributed by atoms with van der Waals surface area (Å²) in [7, 11) is 7.64. The molecule has 1 aliphatic carbocycles. The van der Waals surface area contributed by atoms with Gasteiger partial charge in [-0.15, -0.1) is 0 Å². The number of rotatable bonds is 9. The van der Waals surface area contributed by atoms with Crippen LogP contribution in [0.3, 0.4) is 0 Å². The molecule has 3 amide bonds. The lowest BCUT2D eigenvalue weighted by atomic mass is 9.74. The van der Waals surface area contributed by atoms with E-state index in [1.54, 1.807) is 7.11 Å². The maximum Gasteiger partial charge on any atom is 0.324 e. The van der Waals surface area contributed by atoms with Crippen LogP contribution >= 0.6 is 0 Å². The van der Waals surface area contributed by atoms with E-state index < -0.39 is 0 Å². The number of nitrogens with zero attached hydrogens (tertiary/aromatic N) is 3. The first-order valence-corrected chi connectivity index (χ1v) is 10.8. The van der Waals surface area contributed by atoms with E-state index in [0.29, 0.717) is 50.8 Å². The lowest BCUT2D eigenvalue weighted by Crippen LogP contribution is -2.55. The van der Waals surface area contributed by atoms with Gasteiger partial charge in [0.25, 0.3) is 0 Å². The highest BCUT2D eigenvalue weighted by Gasteiger charge is 2.42. The van der Waals surface area contributed by atoms with E-state index in [9.17, 15) is 14.4 Å². The van der Waals surface area contributed by atoms with Crippen molar-refractivity contribution in [2.45, 2.75) is 44.6 Å². The SMILES string of the molecule is COCCN(C(=O)NCCCCN(C)C)C(=O)[C@@H]1C[C@@H]2CC(=O)CC[C@H]2N(C)C1. The van der Waals surface area contributed by atoms with Crippen LogP contribution < -0.4 is 5.32 Å². The molecule has 0 radical (unpaired) electrons. The molecule has 0 aromatic heterocycles. The Morgan fingerprint density at radius 2 is 2.00 bits per heavy atom. The van der Waals surface area contributed by atoms with Gasteiger partial charge in [-0.3, -0.25) is 14.5 Å². The Morgan fingerprint density at radius 3 is 2.69 bits per heavy atom. The van der Waals surface area contributed by atoms with Crippen molar-refractivity contribution in [3.05, 3.63) is 0 Å². The molecule has 1 heterocycles. The van der Waals surface area contributed by atoms with E-state index in [1.165, 1.54) is 4.90 Å². The monoisotopic (exact) mass is 410 g/mol. The van der Waals surface area contributed by atoms with Crippen LogP contribution in [0, 0.1) is 11.8 Å². The first-order valence-electron chi connectivity index (χ1n) is 10.8. The zero-order valence-electron chi connectivity index (χ0n) is 18.5. The van der Waals surface area contributed by atoms with Crippen molar-refractivity contribution in [3.63, 3.8) is 0 Å². The summed E-state index contributed by atoms with van der Waals surface area (Å²) in [5, 5.41) is 2.88. The second-order valence-corrected chi connectivity index (χ2v) is 8.71. The molecule has 1 saturated heterocycles. The molecule has 2 rings (SSSR count). The Morgan fingerprint density at radius 1 is 1.24 bits per heavy atom. The molecule has 0 aromatic carbocycles. The molecule has 3 atom stereocenters. The molecular formula is C21H38N4O4. The molecule has 8 nitrogen and oxygen atoms in total. The summed E-state index contributed by atoms with van der Waals surface area (Å²) >= 11 is 0.